The number of nitrogens with zero attached hydrogens (tertiary/aromatic N) is 2. The number of hydrogen-bond donors (Lipinski definition) is 3. The molecule has 4 aromatic rings. The topological polar surface area (TPSA) is 102 Å². The van der Waals surface area contributed by atoms with E-state index in [1.165, 1.54) is 0 Å². The predicted molar refractivity (Wildman–Crippen MR) is 128 cm³/mol. The lowest BCUT2D eigenvalue weighted by Crippen LogP contribution is -2.38. The van der Waals surface area contributed by atoms with Crippen molar-refractivity contribution in [3.63, 3.8) is 0 Å². The van der Waals surface area contributed by atoms with Gasteiger partial charge in [-0.05, 0) is 37.3 Å². The number of carbonyl (C=O) groups is 2. The Morgan fingerprint density at radius 1 is 0.909 bits per heavy atom. The molecule has 1 heterocycles. The number of carbonyl (C=O) groups excluding carboxylic acids is 2. The second kappa shape index (κ2) is 9.76. The molecule has 4 N–H and O–H groups in total. The van der Waals surface area contributed by atoms with Crippen LogP contribution in [0.3, 0.4) is 0 Å². The normalized spacial score (nSPS) is 11.2. The van der Waals surface area contributed by atoms with Crippen molar-refractivity contribution >= 4 is 17.9 Å². The SMILES string of the molecule is Cc1ccc(C(=O)N/C(=C/c2cn(-c3ccccc3)nc2-c2ccccc2)C(=O)NN)cc1. The van der Waals surface area contributed by atoms with Crippen LogP contribution in [0, 0.1) is 6.92 Å². The second-order valence-electron chi connectivity index (χ2n) is 7.43. The third-order valence-electron chi connectivity index (χ3n) is 5.05. The number of hydrazine groups is 1. The van der Waals surface area contributed by atoms with E-state index in [0.717, 1.165) is 16.8 Å². The van der Waals surface area contributed by atoms with Crippen LogP contribution in [0.15, 0.2) is 96.8 Å². The van der Waals surface area contributed by atoms with Crippen molar-refractivity contribution < 1.29 is 9.59 Å². The lowest BCUT2D eigenvalue weighted by molar-refractivity contribution is -0.117. The smallest absolute Gasteiger partial charge is 0.281 e. The van der Waals surface area contributed by atoms with E-state index in [4.69, 9.17) is 10.9 Å². The number of benzene rings is 3. The summed E-state index contributed by atoms with van der Waals surface area (Å²) in [6.45, 7) is 1.93. The first-order valence-electron chi connectivity index (χ1n) is 10.4. The molecule has 33 heavy (non-hydrogen) atoms. The number of nitrogens with two attached hydrogens (primary N) is 1. The fourth-order valence-electron chi connectivity index (χ4n) is 3.32. The van der Waals surface area contributed by atoms with Gasteiger partial charge in [0.15, 0.2) is 0 Å². The molecule has 0 fully saturated rings. The van der Waals surface area contributed by atoms with Crippen LogP contribution >= 0.6 is 0 Å². The molecule has 7 nitrogen and oxygen atoms in total. The molecular weight excluding hydrogens is 414 g/mol. The highest BCUT2D eigenvalue weighted by atomic mass is 16.2. The highest BCUT2D eigenvalue weighted by Gasteiger charge is 2.17. The summed E-state index contributed by atoms with van der Waals surface area (Å²) in [6.07, 6.45) is 3.38. The van der Waals surface area contributed by atoms with Crippen molar-refractivity contribution in [3.8, 4) is 16.9 Å². The van der Waals surface area contributed by atoms with Crippen LogP contribution in [-0.2, 0) is 4.79 Å². The molecule has 0 aliphatic carbocycles. The van der Waals surface area contributed by atoms with Crippen molar-refractivity contribution in [1.82, 2.24) is 20.5 Å². The van der Waals surface area contributed by atoms with Gasteiger partial charge in [0.05, 0.1) is 5.69 Å². The molecule has 0 spiro atoms. The van der Waals surface area contributed by atoms with Crippen molar-refractivity contribution in [2.75, 3.05) is 0 Å². The molecule has 164 valence electrons. The fraction of sp³-hybridized carbons (Fsp3) is 0.0385. The minimum Gasteiger partial charge on any atom is -0.317 e. The molecule has 3 aromatic carbocycles. The molecule has 0 aliphatic rings. The standard InChI is InChI=1S/C26H23N5O2/c1-18-12-14-20(15-13-18)25(32)28-23(26(33)29-27)16-21-17-31(22-10-6-3-7-11-22)30-24(21)19-8-4-2-5-9-19/h2-17H,27H2,1H3,(H,28,32)(H,29,33)/b23-16+. The summed E-state index contributed by atoms with van der Waals surface area (Å²) in [5, 5.41) is 7.41. The zero-order valence-corrected chi connectivity index (χ0v) is 18.0. The van der Waals surface area contributed by atoms with E-state index in [0.29, 0.717) is 16.8 Å². The monoisotopic (exact) mass is 437 g/mol. The number of rotatable bonds is 6. The quantitative estimate of drug-likeness (QED) is 0.186. The molecule has 4 rings (SSSR count). The predicted octanol–water partition coefficient (Wildman–Crippen LogP) is 3.61. The Morgan fingerprint density at radius 3 is 2.18 bits per heavy atom. The summed E-state index contributed by atoms with van der Waals surface area (Å²) < 4.78 is 1.73. The zero-order valence-electron chi connectivity index (χ0n) is 18.0. The van der Waals surface area contributed by atoms with Crippen LogP contribution < -0.4 is 16.6 Å². The Bertz CT molecular complexity index is 1290. The first kappa shape index (κ1) is 21.7. The van der Waals surface area contributed by atoms with Crippen molar-refractivity contribution in [2.45, 2.75) is 6.92 Å². The lowest BCUT2D eigenvalue weighted by Gasteiger charge is -2.09. The number of aryl methyl sites for hydroxylation is 1. The highest BCUT2D eigenvalue weighted by Crippen LogP contribution is 2.25. The average molecular weight is 438 g/mol. The summed E-state index contributed by atoms with van der Waals surface area (Å²) in [5.41, 5.74) is 6.61. The Balaban J connectivity index is 1.77. The molecule has 0 bridgehead atoms. The van der Waals surface area contributed by atoms with Crippen molar-refractivity contribution in [2.24, 2.45) is 5.84 Å². The van der Waals surface area contributed by atoms with Crippen LogP contribution in [0.4, 0.5) is 0 Å². The molecular formula is C26H23N5O2. The molecule has 0 atom stereocenters. The second-order valence-corrected chi connectivity index (χ2v) is 7.43. The van der Waals surface area contributed by atoms with Gasteiger partial charge in [0.2, 0.25) is 0 Å². The van der Waals surface area contributed by atoms with Gasteiger partial charge in [-0.3, -0.25) is 15.0 Å². The fourth-order valence-corrected chi connectivity index (χ4v) is 3.32. The molecule has 2 amide bonds. The van der Waals surface area contributed by atoms with Gasteiger partial charge < -0.3 is 5.32 Å². The number of amides is 2. The number of aromatic nitrogens is 2. The van der Waals surface area contributed by atoms with Gasteiger partial charge in [-0.15, -0.1) is 0 Å². The molecule has 0 saturated carbocycles. The number of nitrogens with one attached hydrogen (secondary N) is 2. The molecule has 0 unspecified atom stereocenters. The van der Waals surface area contributed by atoms with E-state index >= 15 is 0 Å². The van der Waals surface area contributed by atoms with Gasteiger partial charge in [0.1, 0.15) is 11.4 Å². The van der Waals surface area contributed by atoms with Gasteiger partial charge in [-0.2, -0.15) is 5.10 Å². The lowest BCUT2D eigenvalue weighted by atomic mass is 10.1. The first-order chi connectivity index (χ1) is 16.0. The van der Waals surface area contributed by atoms with E-state index in [9.17, 15) is 9.59 Å². The summed E-state index contributed by atoms with van der Waals surface area (Å²) in [4.78, 5) is 25.3. The van der Waals surface area contributed by atoms with Gasteiger partial charge >= 0.3 is 0 Å². The first-order valence-corrected chi connectivity index (χ1v) is 10.4. The van der Waals surface area contributed by atoms with Gasteiger partial charge in [0, 0.05) is 22.9 Å². The maximum absolute atomic E-state index is 12.8. The molecule has 0 saturated heterocycles. The average Bonchev–Trinajstić information content (AvgIpc) is 3.28. The summed E-state index contributed by atoms with van der Waals surface area (Å²) in [6, 6.07) is 26.3. The van der Waals surface area contributed by atoms with Crippen LogP contribution in [0.25, 0.3) is 23.0 Å². The minimum atomic E-state index is -0.623. The van der Waals surface area contributed by atoms with Crippen LogP contribution in [0.2, 0.25) is 0 Å². The van der Waals surface area contributed by atoms with Crippen molar-refractivity contribution in [3.05, 3.63) is 114 Å². The molecule has 7 heteroatoms. The van der Waals surface area contributed by atoms with Gasteiger partial charge in [-0.1, -0.05) is 66.2 Å². The highest BCUT2D eigenvalue weighted by molar-refractivity contribution is 6.05. The van der Waals surface area contributed by atoms with E-state index in [1.54, 1.807) is 29.1 Å². The third kappa shape index (κ3) is 5.06. The number of para-hydroxylation sites is 1. The summed E-state index contributed by atoms with van der Waals surface area (Å²) >= 11 is 0. The van der Waals surface area contributed by atoms with Crippen LogP contribution in [0.5, 0.6) is 0 Å². The summed E-state index contributed by atoms with van der Waals surface area (Å²) in [7, 11) is 0. The molecule has 1 aromatic heterocycles. The maximum atomic E-state index is 12.8. The van der Waals surface area contributed by atoms with E-state index in [-0.39, 0.29) is 5.70 Å². The zero-order chi connectivity index (χ0) is 23.2. The molecule has 0 aliphatic heterocycles. The Morgan fingerprint density at radius 2 is 1.55 bits per heavy atom. The van der Waals surface area contributed by atoms with Crippen LogP contribution in [-0.4, -0.2) is 21.6 Å². The van der Waals surface area contributed by atoms with Gasteiger partial charge in [0.25, 0.3) is 11.8 Å². The Kier molecular flexibility index (Phi) is 6.43. The van der Waals surface area contributed by atoms with Gasteiger partial charge in [-0.25, -0.2) is 10.5 Å². The Hall–Kier alpha value is -4.49. The summed E-state index contributed by atoms with van der Waals surface area (Å²) in [5.74, 6) is 4.36. The number of hydrogen-bond acceptors (Lipinski definition) is 4. The van der Waals surface area contributed by atoms with E-state index in [1.807, 2.05) is 79.7 Å². The minimum absolute atomic E-state index is 0.00729. The van der Waals surface area contributed by atoms with Crippen molar-refractivity contribution in [1.29, 1.82) is 0 Å². The largest absolute Gasteiger partial charge is 0.317 e. The van der Waals surface area contributed by atoms with Crippen LogP contribution in [0.1, 0.15) is 21.5 Å². The van der Waals surface area contributed by atoms with E-state index < -0.39 is 11.8 Å². The van der Waals surface area contributed by atoms with E-state index in [2.05, 4.69) is 10.7 Å². The third-order valence-corrected chi connectivity index (χ3v) is 5.05. The Labute approximate surface area is 191 Å². The molecule has 0 radical (unpaired) electrons. The maximum Gasteiger partial charge on any atom is 0.281 e.